The summed E-state index contributed by atoms with van der Waals surface area (Å²) in [7, 11) is 0. The second kappa shape index (κ2) is 10.6. The molecule has 0 unspecified atom stereocenters. The molecule has 0 aromatic heterocycles. The summed E-state index contributed by atoms with van der Waals surface area (Å²) < 4.78 is 10.1. The van der Waals surface area contributed by atoms with Gasteiger partial charge in [0.1, 0.15) is 18.8 Å². The number of ether oxygens (including phenoxy) is 2. The third-order valence-corrected chi connectivity index (χ3v) is 4.56. The first-order valence-corrected chi connectivity index (χ1v) is 9.21. The van der Waals surface area contributed by atoms with Gasteiger partial charge in [0, 0.05) is 19.5 Å². The van der Waals surface area contributed by atoms with Crippen LogP contribution < -0.4 is 0 Å². The largest absolute Gasteiger partial charge is 0.466 e. The predicted molar refractivity (Wildman–Crippen MR) is 96.4 cm³/mol. The van der Waals surface area contributed by atoms with Gasteiger partial charge in [-0.05, 0) is 37.7 Å². The number of benzene rings is 1. The Kier molecular flexibility index (Phi) is 8.12. The van der Waals surface area contributed by atoms with Crippen molar-refractivity contribution >= 4 is 17.8 Å². The van der Waals surface area contributed by atoms with Crippen molar-refractivity contribution in [3.63, 3.8) is 0 Å². The molecule has 0 atom stereocenters. The Morgan fingerprint density at radius 2 is 1.77 bits per heavy atom. The molecule has 6 nitrogen and oxygen atoms in total. The summed E-state index contributed by atoms with van der Waals surface area (Å²) >= 11 is 0. The molecule has 1 saturated heterocycles. The summed E-state index contributed by atoms with van der Waals surface area (Å²) in [5.74, 6) is -0.124. The van der Waals surface area contributed by atoms with E-state index in [1.165, 1.54) is 0 Å². The fourth-order valence-electron chi connectivity index (χ4n) is 3.04. The van der Waals surface area contributed by atoms with Gasteiger partial charge in [-0.3, -0.25) is 9.59 Å². The van der Waals surface area contributed by atoms with E-state index in [4.69, 9.17) is 9.47 Å². The van der Waals surface area contributed by atoms with Crippen LogP contribution in [0.15, 0.2) is 30.3 Å². The lowest BCUT2D eigenvalue weighted by atomic mass is 9.91. The Morgan fingerprint density at radius 3 is 2.42 bits per heavy atom. The van der Waals surface area contributed by atoms with Crippen molar-refractivity contribution in [3.05, 3.63) is 35.9 Å². The number of esters is 1. The number of likely N-dealkylation sites (tertiary alicyclic amines) is 1. The van der Waals surface area contributed by atoms with Gasteiger partial charge in [-0.1, -0.05) is 30.3 Å². The van der Waals surface area contributed by atoms with Crippen LogP contribution >= 0.6 is 0 Å². The van der Waals surface area contributed by atoms with E-state index in [2.05, 4.69) is 0 Å². The second-order valence-electron chi connectivity index (χ2n) is 6.53. The van der Waals surface area contributed by atoms with Gasteiger partial charge in [-0.15, -0.1) is 0 Å². The van der Waals surface area contributed by atoms with Crippen LogP contribution in [0, 0.1) is 5.92 Å². The minimum atomic E-state index is -0.450. The zero-order valence-corrected chi connectivity index (χ0v) is 15.3. The minimum absolute atomic E-state index is 0.0758. The highest BCUT2D eigenvalue weighted by molar-refractivity contribution is 5.95. The molecular weight excluding hydrogens is 334 g/mol. The van der Waals surface area contributed by atoms with Gasteiger partial charge < -0.3 is 14.4 Å². The summed E-state index contributed by atoms with van der Waals surface area (Å²) in [6.45, 7) is 3.59. The van der Waals surface area contributed by atoms with Gasteiger partial charge in [0.2, 0.25) is 0 Å². The molecule has 1 aromatic carbocycles. The number of rotatable bonds is 8. The van der Waals surface area contributed by atoms with Crippen molar-refractivity contribution < 1.29 is 23.9 Å². The highest BCUT2D eigenvalue weighted by Gasteiger charge is 2.24. The third-order valence-electron chi connectivity index (χ3n) is 4.56. The van der Waals surface area contributed by atoms with E-state index in [-0.39, 0.29) is 24.9 Å². The van der Waals surface area contributed by atoms with Gasteiger partial charge in [0.15, 0.2) is 0 Å². The summed E-state index contributed by atoms with van der Waals surface area (Å²) in [6, 6.07) is 9.60. The minimum Gasteiger partial charge on any atom is -0.466 e. The van der Waals surface area contributed by atoms with E-state index in [1.807, 2.05) is 30.3 Å². The molecule has 0 N–H and O–H groups in total. The number of amides is 1. The zero-order valence-electron chi connectivity index (χ0n) is 15.3. The molecule has 0 radical (unpaired) electrons. The Balaban J connectivity index is 1.63. The van der Waals surface area contributed by atoms with Crippen LogP contribution in [-0.2, 0) is 25.7 Å². The van der Waals surface area contributed by atoms with Crippen LogP contribution in [0.5, 0.6) is 0 Å². The smallest absolute Gasteiger partial charge is 0.410 e. The van der Waals surface area contributed by atoms with Gasteiger partial charge in [-0.2, -0.15) is 0 Å². The maximum absolute atomic E-state index is 12.1. The first-order chi connectivity index (χ1) is 12.6. The van der Waals surface area contributed by atoms with Crippen LogP contribution in [0.1, 0.15) is 44.6 Å². The molecule has 1 amide bonds. The fraction of sp³-hybridized carbons (Fsp3) is 0.550. The normalized spacial score (nSPS) is 14.7. The Labute approximate surface area is 154 Å². The average Bonchev–Trinajstić information content (AvgIpc) is 2.66. The second-order valence-corrected chi connectivity index (χ2v) is 6.53. The van der Waals surface area contributed by atoms with Crippen LogP contribution in [0.25, 0.3) is 0 Å². The Morgan fingerprint density at radius 1 is 1.08 bits per heavy atom. The van der Waals surface area contributed by atoms with Gasteiger partial charge in [0.25, 0.3) is 0 Å². The van der Waals surface area contributed by atoms with E-state index in [1.54, 1.807) is 11.8 Å². The van der Waals surface area contributed by atoms with Crippen molar-refractivity contribution in [2.45, 2.75) is 45.6 Å². The molecule has 0 aliphatic carbocycles. The molecule has 26 heavy (non-hydrogen) atoms. The van der Waals surface area contributed by atoms with Crippen LogP contribution in [0.3, 0.4) is 0 Å². The number of Topliss-reactive ketones (excluding diaryl/α,β-unsaturated/α-hetero) is 1. The van der Waals surface area contributed by atoms with E-state index >= 15 is 0 Å². The number of ketones is 1. The number of hydrogen-bond acceptors (Lipinski definition) is 5. The number of carbonyl (C=O) groups excluding carboxylic acids is 3. The molecule has 142 valence electrons. The Bertz CT molecular complexity index is 593. The van der Waals surface area contributed by atoms with Gasteiger partial charge >= 0.3 is 12.1 Å². The molecule has 1 aromatic rings. The summed E-state index contributed by atoms with van der Waals surface area (Å²) in [6.07, 6.45) is 2.43. The quantitative estimate of drug-likeness (QED) is 0.524. The molecule has 2 rings (SSSR count). The fourth-order valence-corrected chi connectivity index (χ4v) is 3.04. The standard InChI is InChI=1S/C20H27NO5/c1-2-25-19(23)14-18(22)9-8-16-10-12-21(13-11-16)20(24)26-15-17-6-4-3-5-7-17/h3-7,16H,2,8-15H2,1H3. The highest BCUT2D eigenvalue weighted by atomic mass is 16.6. The average molecular weight is 361 g/mol. The van der Waals surface area contributed by atoms with Crippen molar-refractivity contribution in [3.8, 4) is 0 Å². The lowest BCUT2D eigenvalue weighted by Gasteiger charge is -2.31. The molecule has 6 heteroatoms. The van der Waals surface area contributed by atoms with E-state index in [9.17, 15) is 14.4 Å². The number of carbonyl (C=O) groups is 3. The third kappa shape index (κ3) is 6.86. The highest BCUT2D eigenvalue weighted by Crippen LogP contribution is 2.23. The number of nitrogens with zero attached hydrogens (tertiary/aromatic N) is 1. The summed E-state index contributed by atoms with van der Waals surface area (Å²) in [4.78, 5) is 36.9. The van der Waals surface area contributed by atoms with Crippen molar-refractivity contribution in [2.24, 2.45) is 5.92 Å². The topological polar surface area (TPSA) is 72.9 Å². The van der Waals surface area contributed by atoms with Crippen molar-refractivity contribution in [1.82, 2.24) is 4.90 Å². The molecule has 0 saturated carbocycles. The lowest BCUT2D eigenvalue weighted by Crippen LogP contribution is -2.38. The lowest BCUT2D eigenvalue weighted by molar-refractivity contribution is -0.145. The SMILES string of the molecule is CCOC(=O)CC(=O)CCC1CCN(C(=O)OCc2ccccc2)CC1. The van der Waals surface area contributed by atoms with E-state index in [0.717, 1.165) is 24.8 Å². The molecule has 0 spiro atoms. The number of hydrogen-bond donors (Lipinski definition) is 0. The molecule has 1 aliphatic rings. The Hall–Kier alpha value is -2.37. The van der Waals surface area contributed by atoms with E-state index < -0.39 is 5.97 Å². The van der Waals surface area contributed by atoms with E-state index in [0.29, 0.717) is 32.0 Å². The van der Waals surface area contributed by atoms with Gasteiger partial charge in [-0.25, -0.2) is 4.79 Å². The van der Waals surface area contributed by atoms with Crippen LogP contribution in [-0.4, -0.2) is 42.4 Å². The molecular formula is C20H27NO5. The predicted octanol–water partition coefficient (Wildman–Crippen LogP) is 3.34. The van der Waals surface area contributed by atoms with Crippen molar-refractivity contribution in [2.75, 3.05) is 19.7 Å². The monoisotopic (exact) mass is 361 g/mol. The maximum atomic E-state index is 12.1. The first kappa shape index (κ1) is 19.9. The zero-order chi connectivity index (χ0) is 18.8. The molecule has 0 bridgehead atoms. The maximum Gasteiger partial charge on any atom is 0.410 e. The van der Waals surface area contributed by atoms with Crippen molar-refractivity contribution in [1.29, 1.82) is 0 Å². The van der Waals surface area contributed by atoms with Gasteiger partial charge in [0.05, 0.1) is 6.61 Å². The molecule has 1 fully saturated rings. The summed E-state index contributed by atoms with van der Waals surface area (Å²) in [5, 5.41) is 0. The van der Waals surface area contributed by atoms with Crippen LogP contribution in [0.2, 0.25) is 0 Å². The van der Waals surface area contributed by atoms with Crippen LogP contribution in [0.4, 0.5) is 4.79 Å². The number of piperidine rings is 1. The first-order valence-electron chi connectivity index (χ1n) is 9.21. The molecule has 1 heterocycles. The molecule has 1 aliphatic heterocycles. The summed E-state index contributed by atoms with van der Waals surface area (Å²) in [5.41, 5.74) is 0.968.